The first-order valence-electron chi connectivity index (χ1n) is 13.3. The van der Waals surface area contributed by atoms with Gasteiger partial charge in [0, 0.05) is 41.1 Å². The standard InChI is InChI=1S/C29H36O10/c1-14(30)38-25-26(2,3)21(20(32)23(33)36-6)28(5)17-7-9-27(4)18(16(17)12-29(25,35)24(28)34)11-19(31)39-22(27)15-8-10-37-13-15/h8,10,13,17,20-22,25,32,35H,7,9,11-12H2,1-6H3/t17-,20?,21-,22-,25-,27+,28+,29+/m0/s1. The summed E-state index contributed by atoms with van der Waals surface area (Å²) in [6.45, 7) is 8.23. The molecule has 1 aromatic rings. The Labute approximate surface area is 226 Å². The fourth-order valence-corrected chi connectivity index (χ4v) is 8.67. The average molecular weight is 545 g/mol. The quantitative estimate of drug-likeness (QED) is 0.329. The SMILES string of the molecule is COC(=O)C(O)[C@H]1C(C)(C)[C@H](OC(C)=O)[C@@]2(O)CC3=C4CC(=O)O[C@@H](c5ccoc5)[C@]4(C)CC[C@@H]3[C@@]1(C)C2=O. The van der Waals surface area contributed by atoms with Gasteiger partial charge in [0.1, 0.15) is 12.2 Å². The molecule has 0 amide bonds. The monoisotopic (exact) mass is 544 g/mol. The molecule has 0 spiro atoms. The van der Waals surface area contributed by atoms with Crippen LogP contribution in [0, 0.1) is 28.1 Å². The zero-order valence-electron chi connectivity index (χ0n) is 23.1. The summed E-state index contributed by atoms with van der Waals surface area (Å²) in [6, 6.07) is 1.75. The molecule has 0 aromatic carbocycles. The van der Waals surface area contributed by atoms with E-state index in [0.29, 0.717) is 24.0 Å². The molecule has 1 unspecified atom stereocenters. The van der Waals surface area contributed by atoms with Gasteiger partial charge in [-0.3, -0.25) is 14.4 Å². The summed E-state index contributed by atoms with van der Waals surface area (Å²) in [5.74, 6) is -4.21. The summed E-state index contributed by atoms with van der Waals surface area (Å²) in [5, 5.41) is 23.6. The lowest BCUT2D eigenvalue weighted by molar-refractivity contribution is -0.246. The molecule has 0 radical (unpaired) electrons. The molecule has 2 heterocycles. The molecule has 1 saturated heterocycles. The average Bonchev–Trinajstić information content (AvgIpc) is 3.39. The van der Waals surface area contributed by atoms with Crippen molar-refractivity contribution in [3.63, 3.8) is 0 Å². The molecular formula is C29H36O10. The number of Topliss-reactive ketones (excluding diaryl/α,β-unsaturated/α-hetero) is 1. The van der Waals surface area contributed by atoms with E-state index in [-0.39, 0.29) is 12.8 Å². The number of methoxy groups -OCH3 is 1. The maximum Gasteiger partial charge on any atom is 0.335 e. The largest absolute Gasteiger partial charge is 0.472 e. The Bertz CT molecular complexity index is 1260. The van der Waals surface area contributed by atoms with Crippen molar-refractivity contribution in [1.82, 2.24) is 0 Å². The van der Waals surface area contributed by atoms with Crippen LogP contribution >= 0.6 is 0 Å². The summed E-state index contributed by atoms with van der Waals surface area (Å²) in [4.78, 5) is 52.3. The highest BCUT2D eigenvalue weighted by molar-refractivity contribution is 5.98. The first-order valence-corrected chi connectivity index (χ1v) is 13.3. The second-order valence-electron chi connectivity index (χ2n) is 12.6. The third-order valence-electron chi connectivity index (χ3n) is 10.1. The lowest BCUT2D eigenvalue weighted by Crippen LogP contribution is -2.76. The van der Waals surface area contributed by atoms with E-state index in [4.69, 9.17) is 18.6 Å². The Morgan fingerprint density at radius 1 is 1.18 bits per heavy atom. The van der Waals surface area contributed by atoms with Crippen LogP contribution in [-0.2, 0) is 33.4 Å². The number of carbonyl (C=O) groups is 4. The van der Waals surface area contributed by atoms with E-state index < -0.39 is 75.7 Å². The van der Waals surface area contributed by atoms with E-state index >= 15 is 0 Å². The predicted molar refractivity (Wildman–Crippen MR) is 134 cm³/mol. The van der Waals surface area contributed by atoms with E-state index in [1.807, 2.05) is 6.92 Å². The molecule has 2 saturated carbocycles. The van der Waals surface area contributed by atoms with E-state index in [2.05, 4.69) is 0 Å². The van der Waals surface area contributed by atoms with Crippen molar-refractivity contribution in [2.75, 3.05) is 7.11 Å². The Hall–Kier alpha value is -2.98. The highest BCUT2D eigenvalue weighted by atomic mass is 16.6. The van der Waals surface area contributed by atoms with E-state index in [9.17, 15) is 29.4 Å². The van der Waals surface area contributed by atoms with Gasteiger partial charge >= 0.3 is 17.9 Å². The van der Waals surface area contributed by atoms with Gasteiger partial charge in [-0.05, 0) is 30.4 Å². The van der Waals surface area contributed by atoms with Crippen molar-refractivity contribution < 1.29 is 48.0 Å². The first-order chi connectivity index (χ1) is 18.1. The van der Waals surface area contributed by atoms with Crippen LogP contribution in [0.1, 0.15) is 72.0 Å². The molecule has 1 aliphatic heterocycles. The predicted octanol–water partition coefficient (Wildman–Crippen LogP) is 2.81. The van der Waals surface area contributed by atoms with Gasteiger partial charge in [-0.1, -0.05) is 33.3 Å². The number of furan rings is 1. The molecule has 3 aliphatic carbocycles. The fraction of sp³-hybridized carbons (Fsp3) is 0.655. The van der Waals surface area contributed by atoms with Gasteiger partial charge in [0.05, 0.1) is 26.1 Å². The number of rotatable bonds is 4. The summed E-state index contributed by atoms with van der Waals surface area (Å²) in [7, 11) is 1.15. The number of hydrogen-bond acceptors (Lipinski definition) is 10. The van der Waals surface area contributed by atoms with Crippen LogP contribution in [0.3, 0.4) is 0 Å². The van der Waals surface area contributed by atoms with Crippen LogP contribution < -0.4 is 0 Å². The van der Waals surface area contributed by atoms with Crippen molar-refractivity contribution in [2.24, 2.45) is 28.1 Å². The van der Waals surface area contributed by atoms with E-state index in [1.165, 1.54) is 13.2 Å². The lowest BCUT2D eigenvalue weighted by Gasteiger charge is -2.66. The minimum Gasteiger partial charge on any atom is -0.472 e. The van der Waals surface area contributed by atoms with Crippen molar-refractivity contribution in [3.05, 3.63) is 35.3 Å². The van der Waals surface area contributed by atoms with Gasteiger partial charge in [-0.2, -0.15) is 0 Å². The maximum atomic E-state index is 14.3. The fourth-order valence-electron chi connectivity index (χ4n) is 8.67. The molecule has 8 atom stereocenters. The number of ketones is 1. The number of ether oxygens (including phenoxy) is 3. The lowest BCUT2D eigenvalue weighted by atomic mass is 9.39. The van der Waals surface area contributed by atoms with Gasteiger partial charge in [0.2, 0.25) is 0 Å². The number of carbonyl (C=O) groups excluding carboxylic acids is 4. The minimum atomic E-state index is -2.14. The minimum absolute atomic E-state index is 0.0249. The first kappa shape index (κ1) is 27.6. The third kappa shape index (κ3) is 3.60. The number of esters is 3. The number of cyclic esters (lactones) is 1. The number of hydrogen-bond donors (Lipinski definition) is 2. The zero-order chi connectivity index (χ0) is 28.7. The maximum absolute atomic E-state index is 14.3. The Balaban J connectivity index is 1.76. The van der Waals surface area contributed by atoms with Gasteiger partial charge in [-0.25, -0.2) is 4.79 Å². The van der Waals surface area contributed by atoms with Gasteiger partial charge in [-0.15, -0.1) is 0 Å². The van der Waals surface area contributed by atoms with Crippen molar-refractivity contribution in [3.8, 4) is 0 Å². The normalized spacial score (nSPS) is 39.7. The third-order valence-corrected chi connectivity index (χ3v) is 10.1. The molecule has 2 N–H and O–H groups in total. The molecule has 5 rings (SSSR count). The second kappa shape index (κ2) is 8.76. The second-order valence-corrected chi connectivity index (χ2v) is 12.6. The van der Waals surface area contributed by atoms with Gasteiger partial charge in [0.15, 0.2) is 17.5 Å². The Morgan fingerprint density at radius 2 is 1.87 bits per heavy atom. The van der Waals surface area contributed by atoms with E-state index in [1.54, 1.807) is 33.1 Å². The van der Waals surface area contributed by atoms with Crippen molar-refractivity contribution in [1.29, 1.82) is 0 Å². The summed E-state index contributed by atoms with van der Waals surface area (Å²) in [5.41, 5.74) is -3.24. The Morgan fingerprint density at radius 3 is 2.46 bits per heavy atom. The highest BCUT2D eigenvalue weighted by Crippen LogP contribution is 2.68. The zero-order valence-corrected chi connectivity index (χ0v) is 23.1. The Kier molecular flexibility index (Phi) is 6.20. The summed E-state index contributed by atoms with van der Waals surface area (Å²) in [6.07, 6.45) is 0.208. The van der Waals surface area contributed by atoms with Crippen LogP contribution in [0.4, 0.5) is 0 Å². The van der Waals surface area contributed by atoms with Crippen LogP contribution in [0.25, 0.3) is 0 Å². The van der Waals surface area contributed by atoms with Gasteiger partial charge < -0.3 is 28.8 Å². The van der Waals surface area contributed by atoms with E-state index in [0.717, 1.165) is 12.7 Å². The number of aliphatic hydroxyl groups is 2. The van der Waals surface area contributed by atoms with Crippen LogP contribution in [0.5, 0.6) is 0 Å². The van der Waals surface area contributed by atoms with Crippen molar-refractivity contribution in [2.45, 2.75) is 84.2 Å². The highest BCUT2D eigenvalue weighted by Gasteiger charge is 2.75. The van der Waals surface area contributed by atoms with Crippen LogP contribution in [-0.4, -0.2) is 58.8 Å². The molecule has 212 valence electrons. The van der Waals surface area contributed by atoms with Crippen molar-refractivity contribution >= 4 is 23.7 Å². The molecule has 4 aliphatic rings. The topological polar surface area (TPSA) is 150 Å². The summed E-state index contributed by atoms with van der Waals surface area (Å²) < 4.78 is 21.6. The molecule has 2 bridgehead atoms. The van der Waals surface area contributed by atoms with Crippen LogP contribution in [0.2, 0.25) is 0 Å². The molecule has 10 nitrogen and oxygen atoms in total. The number of fused-ring (bicyclic) bond motifs is 5. The molecule has 39 heavy (non-hydrogen) atoms. The smallest absolute Gasteiger partial charge is 0.335 e. The molecule has 10 heteroatoms. The van der Waals surface area contributed by atoms with Crippen LogP contribution in [0.15, 0.2) is 34.2 Å². The van der Waals surface area contributed by atoms with Gasteiger partial charge in [0.25, 0.3) is 0 Å². The molecule has 1 aromatic heterocycles. The molecular weight excluding hydrogens is 508 g/mol. The number of aliphatic hydroxyl groups excluding tert-OH is 1. The summed E-state index contributed by atoms with van der Waals surface area (Å²) >= 11 is 0. The molecule has 3 fully saturated rings.